The van der Waals surface area contributed by atoms with E-state index in [0.29, 0.717) is 33.3 Å². The molecule has 0 aliphatic rings. The Morgan fingerprint density at radius 3 is 1.61 bits per heavy atom. The summed E-state index contributed by atoms with van der Waals surface area (Å²) in [6.07, 6.45) is 0. The van der Waals surface area contributed by atoms with Crippen molar-refractivity contribution in [2.75, 3.05) is 10.6 Å². The van der Waals surface area contributed by atoms with Gasteiger partial charge in [-0.15, -0.1) is 0 Å². The van der Waals surface area contributed by atoms with Gasteiger partial charge in [0.1, 0.15) is 11.5 Å². The molecule has 0 bridgehead atoms. The number of phenolic OH excluding ortho intramolecular Hbond substituents is 2. The van der Waals surface area contributed by atoms with Crippen LogP contribution in [0.2, 0.25) is 0 Å². The number of carbonyl (C=O) groups is 2. The van der Waals surface area contributed by atoms with E-state index in [9.17, 15) is 19.8 Å². The lowest BCUT2D eigenvalue weighted by molar-refractivity contribution is 0.101. The van der Waals surface area contributed by atoms with E-state index in [1.807, 2.05) is 61.5 Å². The van der Waals surface area contributed by atoms with Crippen molar-refractivity contribution >= 4 is 44.7 Å². The van der Waals surface area contributed by atoms with Crippen LogP contribution >= 0.6 is 0 Å². The average molecular weight is 539 g/mol. The molecule has 4 N–H and O–H groups in total. The second-order valence-corrected chi connectivity index (χ2v) is 10.00. The van der Waals surface area contributed by atoms with Crippen LogP contribution in [-0.2, 0) is 0 Å². The minimum absolute atomic E-state index is 0.162. The van der Waals surface area contributed by atoms with E-state index in [0.717, 1.165) is 27.5 Å². The van der Waals surface area contributed by atoms with E-state index < -0.39 is 0 Å². The van der Waals surface area contributed by atoms with Gasteiger partial charge >= 0.3 is 0 Å². The standard InChI is InChI=1S/C35H26N2O4/c1-21-17-27-14-16-29(20-31(27)33(39)18-21)37-35(41)26-11-7-23(8-12-26)22-5-9-25(10-6-22)34(40)36-28-15-13-24-3-2-4-32(38)30(24)19-28/h2-20,38-39H,1H3,(H,36,40)(H,37,41). The molecule has 6 rings (SSSR count). The lowest BCUT2D eigenvalue weighted by atomic mass is 10.0. The zero-order chi connectivity index (χ0) is 28.5. The number of benzene rings is 6. The summed E-state index contributed by atoms with van der Waals surface area (Å²) in [7, 11) is 0. The van der Waals surface area contributed by atoms with Crippen LogP contribution < -0.4 is 10.6 Å². The van der Waals surface area contributed by atoms with Crippen molar-refractivity contribution < 1.29 is 19.8 Å². The number of hydrogen-bond donors (Lipinski definition) is 4. The van der Waals surface area contributed by atoms with Crippen LogP contribution in [0.3, 0.4) is 0 Å². The molecule has 0 spiro atoms. The van der Waals surface area contributed by atoms with Crippen LogP contribution in [0.15, 0.2) is 115 Å². The molecule has 0 fully saturated rings. The summed E-state index contributed by atoms with van der Waals surface area (Å²) in [4.78, 5) is 25.7. The molecule has 0 aromatic heterocycles. The predicted octanol–water partition coefficient (Wildman–Crippen LogP) is 7.88. The molecule has 0 unspecified atom stereocenters. The van der Waals surface area contributed by atoms with Gasteiger partial charge in [-0.3, -0.25) is 9.59 Å². The Hall–Kier alpha value is -5.62. The predicted molar refractivity (Wildman–Crippen MR) is 164 cm³/mol. The monoisotopic (exact) mass is 538 g/mol. The number of phenols is 2. The summed E-state index contributed by atoms with van der Waals surface area (Å²) in [5.41, 5.74) is 4.97. The highest BCUT2D eigenvalue weighted by Crippen LogP contribution is 2.30. The number of carbonyl (C=O) groups excluding carboxylic acids is 2. The molecule has 6 aromatic rings. The first-order valence-electron chi connectivity index (χ1n) is 13.1. The zero-order valence-electron chi connectivity index (χ0n) is 22.2. The highest BCUT2D eigenvalue weighted by atomic mass is 16.3. The van der Waals surface area contributed by atoms with Crippen molar-refractivity contribution in [2.45, 2.75) is 6.92 Å². The van der Waals surface area contributed by atoms with Gasteiger partial charge < -0.3 is 20.8 Å². The highest BCUT2D eigenvalue weighted by Gasteiger charge is 2.11. The molecule has 0 atom stereocenters. The fraction of sp³-hybridized carbons (Fsp3) is 0.0286. The minimum atomic E-state index is -0.254. The largest absolute Gasteiger partial charge is 0.507 e. The van der Waals surface area contributed by atoms with Crippen LogP contribution in [0.5, 0.6) is 11.5 Å². The number of fused-ring (bicyclic) bond motifs is 2. The summed E-state index contributed by atoms with van der Waals surface area (Å²) < 4.78 is 0. The molecule has 0 aliphatic heterocycles. The van der Waals surface area contributed by atoms with E-state index in [-0.39, 0.29) is 23.3 Å². The molecule has 0 radical (unpaired) electrons. The number of aryl methyl sites for hydroxylation is 1. The highest BCUT2D eigenvalue weighted by molar-refractivity contribution is 6.07. The third kappa shape index (κ3) is 5.31. The van der Waals surface area contributed by atoms with Crippen LogP contribution in [0, 0.1) is 6.92 Å². The average Bonchev–Trinajstić information content (AvgIpc) is 2.98. The molecule has 0 saturated carbocycles. The number of hydrogen-bond acceptors (Lipinski definition) is 4. The fourth-order valence-electron chi connectivity index (χ4n) is 4.93. The van der Waals surface area contributed by atoms with Crippen LogP contribution in [-0.4, -0.2) is 22.0 Å². The number of anilines is 2. The van der Waals surface area contributed by atoms with E-state index >= 15 is 0 Å². The molecule has 2 amide bonds. The van der Waals surface area contributed by atoms with Crippen LogP contribution in [0.25, 0.3) is 32.7 Å². The molecule has 41 heavy (non-hydrogen) atoms. The molecule has 0 saturated heterocycles. The van der Waals surface area contributed by atoms with Crippen molar-refractivity contribution in [3.63, 3.8) is 0 Å². The first-order chi connectivity index (χ1) is 19.8. The second kappa shape index (κ2) is 10.5. The minimum Gasteiger partial charge on any atom is -0.507 e. The van der Waals surface area contributed by atoms with Crippen LogP contribution in [0.4, 0.5) is 11.4 Å². The first-order valence-corrected chi connectivity index (χ1v) is 13.1. The lowest BCUT2D eigenvalue weighted by Gasteiger charge is -2.10. The van der Waals surface area contributed by atoms with Gasteiger partial charge in [0.15, 0.2) is 0 Å². The van der Waals surface area contributed by atoms with E-state index in [1.54, 1.807) is 60.7 Å². The molecule has 6 heteroatoms. The van der Waals surface area contributed by atoms with Gasteiger partial charge in [-0.1, -0.05) is 54.6 Å². The second-order valence-electron chi connectivity index (χ2n) is 10.00. The number of rotatable bonds is 5. The number of amides is 2. The molecule has 200 valence electrons. The van der Waals surface area contributed by atoms with Crippen molar-refractivity contribution in [3.8, 4) is 22.6 Å². The number of aromatic hydroxyl groups is 2. The zero-order valence-corrected chi connectivity index (χ0v) is 22.2. The molecule has 6 aromatic carbocycles. The summed E-state index contributed by atoms with van der Waals surface area (Å²) >= 11 is 0. The first kappa shape index (κ1) is 25.6. The van der Waals surface area contributed by atoms with Gasteiger partial charge in [0.2, 0.25) is 0 Å². The number of nitrogens with one attached hydrogen (secondary N) is 2. The quantitative estimate of drug-likeness (QED) is 0.179. The molecular formula is C35H26N2O4. The van der Waals surface area contributed by atoms with Crippen molar-refractivity contribution in [2.24, 2.45) is 0 Å². The van der Waals surface area contributed by atoms with Crippen molar-refractivity contribution in [3.05, 3.63) is 132 Å². The summed E-state index contributed by atoms with van der Waals surface area (Å²) in [5, 5.41) is 29.3. The van der Waals surface area contributed by atoms with Crippen molar-refractivity contribution in [1.29, 1.82) is 0 Å². The topological polar surface area (TPSA) is 98.7 Å². The Balaban J connectivity index is 1.13. The van der Waals surface area contributed by atoms with Crippen LogP contribution in [0.1, 0.15) is 26.3 Å². The molecule has 6 nitrogen and oxygen atoms in total. The smallest absolute Gasteiger partial charge is 0.255 e. The Labute approximate surface area is 236 Å². The third-order valence-electron chi connectivity index (χ3n) is 7.08. The van der Waals surface area contributed by atoms with Gasteiger partial charge in [0.25, 0.3) is 11.8 Å². The van der Waals surface area contributed by atoms with E-state index in [4.69, 9.17) is 0 Å². The van der Waals surface area contributed by atoms with E-state index in [1.165, 1.54) is 0 Å². The third-order valence-corrected chi connectivity index (χ3v) is 7.08. The Bertz CT molecular complexity index is 1950. The summed E-state index contributed by atoms with van der Waals surface area (Å²) in [6.45, 7) is 1.92. The lowest BCUT2D eigenvalue weighted by Crippen LogP contribution is -2.12. The Morgan fingerprint density at radius 2 is 1.05 bits per heavy atom. The van der Waals surface area contributed by atoms with Crippen molar-refractivity contribution in [1.82, 2.24) is 0 Å². The summed E-state index contributed by atoms with van der Waals surface area (Å²) in [5.74, 6) is -0.166. The maximum atomic E-state index is 12.9. The van der Waals surface area contributed by atoms with Gasteiger partial charge in [0.05, 0.1) is 0 Å². The van der Waals surface area contributed by atoms with Gasteiger partial charge in [-0.2, -0.15) is 0 Å². The maximum Gasteiger partial charge on any atom is 0.255 e. The SMILES string of the molecule is Cc1cc(O)c2cc(NC(=O)c3ccc(-c4ccc(C(=O)Nc5ccc6cccc(O)c6c5)cc4)cc3)ccc2c1. The van der Waals surface area contributed by atoms with Gasteiger partial charge in [0, 0.05) is 33.3 Å². The maximum absolute atomic E-state index is 12.9. The Morgan fingerprint density at radius 1 is 0.537 bits per heavy atom. The van der Waals surface area contributed by atoms with Gasteiger partial charge in [-0.25, -0.2) is 0 Å². The van der Waals surface area contributed by atoms with Gasteiger partial charge in [-0.05, 0) is 95.1 Å². The Kier molecular flexibility index (Phi) is 6.57. The molecule has 0 heterocycles. The molecular weight excluding hydrogens is 512 g/mol. The molecule has 0 aliphatic carbocycles. The fourth-order valence-corrected chi connectivity index (χ4v) is 4.93. The summed E-state index contributed by atoms with van der Waals surface area (Å²) in [6, 6.07) is 34.3. The van der Waals surface area contributed by atoms with E-state index in [2.05, 4.69) is 10.6 Å². The normalized spacial score (nSPS) is 11.0.